The van der Waals surface area contributed by atoms with Gasteiger partial charge in [-0.05, 0) is 24.6 Å². The lowest BCUT2D eigenvalue weighted by Crippen LogP contribution is -2.44. The number of amides is 1. The van der Waals surface area contributed by atoms with Crippen molar-refractivity contribution in [3.63, 3.8) is 0 Å². The summed E-state index contributed by atoms with van der Waals surface area (Å²) in [5, 5.41) is 3.07. The van der Waals surface area contributed by atoms with Gasteiger partial charge in [-0.15, -0.1) is 0 Å². The number of nitrogens with one attached hydrogen (secondary N) is 1. The SMILES string of the molecule is Cc1cccc(CNC(=O)[C@H](c2ccccc2)N2CCSCC2)n1. The van der Waals surface area contributed by atoms with E-state index in [0.29, 0.717) is 6.54 Å². The van der Waals surface area contributed by atoms with Gasteiger partial charge in [-0.2, -0.15) is 11.8 Å². The van der Waals surface area contributed by atoms with E-state index >= 15 is 0 Å². The number of benzene rings is 1. The van der Waals surface area contributed by atoms with Gasteiger partial charge in [0.2, 0.25) is 5.91 Å². The molecule has 1 fully saturated rings. The van der Waals surface area contributed by atoms with Crippen LogP contribution in [0.4, 0.5) is 0 Å². The van der Waals surface area contributed by atoms with E-state index in [1.807, 2.05) is 67.2 Å². The van der Waals surface area contributed by atoms with E-state index in [0.717, 1.165) is 41.5 Å². The van der Waals surface area contributed by atoms with Crippen LogP contribution in [-0.4, -0.2) is 40.4 Å². The van der Waals surface area contributed by atoms with E-state index in [9.17, 15) is 4.79 Å². The van der Waals surface area contributed by atoms with Crippen molar-refractivity contribution in [1.29, 1.82) is 0 Å². The fourth-order valence-corrected chi connectivity index (χ4v) is 3.90. The van der Waals surface area contributed by atoms with Crippen LogP contribution in [0.5, 0.6) is 0 Å². The van der Waals surface area contributed by atoms with Gasteiger partial charge in [-0.25, -0.2) is 0 Å². The van der Waals surface area contributed by atoms with Crippen LogP contribution >= 0.6 is 11.8 Å². The second kappa shape index (κ2) is 8.31. The first-order valence-corrected chi connectivity index (χ1v) is 9.46. The van der Waals surface area contributed by atoms with Crippen LogP contribution in [-0.2, 0) is 11.3 Å². The number of nitrogens with zero attached hydrogens (tertiary/aromatic N) is 2. The van der Waals surface area contributed by atoms with Gasteiger partial charge in [-0.1, -0.05) is 36.4 Å². The largest absolute Gasteiger partial charge is 0.349 e. The minimum atomic E-state index is -0.225. The van der Waals surface area contributed by atoms with Gasteiger partial charge >= 0.3 is 0 Å². The topological polar surface area (TPSA) is 45.2 Å². The van der Waals surface area contributed by atoms with Crippen LogP contribution in [0.25, 0.3) is 0 Å². The zero-order valence-electron chi connectivity index (χ0n) is 13.9. The molecule has 1 amide bonds. The first-order chi connectivity index (χ1) is 11.7. The van der Waals surface area contributed by atoms with Gasteiger partial charge in [0.15, 0.2) is 0 Å². The first-order valence-electron chi connectivity index (χ1n) is 8.31. The molecule has 0 bridgehead atoms. The number of hydrogen-bond acceptors (Lipinski definition) is 4. The zero-order chi connectivity index (χ0) is 16.8. The summed E-state index contributed by atoms with van der Waals surface area (Å²) in [5.74, 6) is 2.21. The van der Waals surface area contributed by atoms with Crippen molar-refractivity contribution in [3.8, 4) is 0 Å². The third-order valence-electron chi connectivity index (χ3n) is 4.16. The molecule has 3 rings (SSSR count). The molecule has 1 N–H and O–H groups in total. The Bertz CT molecular complexity index is 671. The summed E-state index contributed by atoms with van der Waals surface area (Å²) in [5.41, 5.74) is 2.91. The highest BCUT2D eigenvalue weighted by atomic mass is 32.2. The number of hydrogen-bond donors (Lipinski definition) is 1. The molecule has 1 aromatic heterocycles. The maximum absolute atomic E-state index is 12.9. The van der Waals surface area contributed by atoms with E-state index < -0.39 is 0 Å². The first kappa shape index (κ1) is 17.0. The molecule has 0 radical (unpaired) electrons. The molecule has 0 unspecified atom stereocenters. The second-order valence-corrected chi connectivity index (χ2v) is 7.17. The molecule has 0 aliphatic carbocycles. The number of aryl methyl sites for hydroxylation is 1. The third-order valence-corrected chi connectivity index (χ3v) is 5.11. The molecule has 4 nitrogen and oxygen atoms in total. The molecule has 1 aliphatic rings. The third kappa shape index (κ3) is 4.36. The number of carbonyl (C=O) groups excluding carboxylic acids is 1. The Morgan fingerprint density at radius 3 is 2.62 bits per heavy atom. The molecule has 0 spiro atoms. The summed E-state index contributed by atoms with van der Waals surface area (Å²) >= 11 is 1.95. The summed E-state index contributed by atoms with van der Waals surface area (Å²) in [6, 6.07) is 15.7. The molecule has 1 aliphatic heterocycles. The Kier molecular flexibility index (Phi) is 5.88. The standard InChI is InChI=1S/C19H23N3OS/c1-15-6-5-9-17(21-15)14-20-19(23)18(16-7-3-2-4-8-16)22-10-12-24-13-11-22/h2-9,18H,10-14H2,1H3,(H,20,23)/t18-/m0/s1. The average Bonchev–Trinajstić information content (AvgIpc) is 2.62. The number of carbonyl (C=O) groups is 1. The summed E-state index contributed by atoms with van der Waals surface area (Å²) in [4.78, 5) is 19.7. The van der Waals surface area contributed by atoms with Gasteiger partial charge in [0.25, 0.3) is 0 Å². The van der Waals surface area contributed by atoms with Crippen LogP contribution in [0.1, 0.15) is 23.0 Å². The van der Waals surface area contributed by atoms with Crippen LogP contribution < -0.4 is 5.32 Å². The number of thioether (sulfide) groups is 1. The minimum Gasteiger partial charge on any atom is -0.349 e. The number of pyridine rings is 1. The average molecular weight is 341 g/mol. The highest BCUT2D eigenvalue weighted by Crippen LogP contribution is 2.24. The lowest BCUT2D eigenvalue weighted by atomic mass is 10.0. The van der Waals surface area contributed by atoms with Gasteiger partial charge in [0.05, 0.1) is 12.2 Å². The maximum atomic E-state index is 12.9. The quantitative estimate of drug-likeness (QED) is 0.908. The van der Waals surface area contributed by atoms with Crippen molar-refractivity contribution in [2.75, 3.05) is 24.6 Å². The Hall–Kier alpha value is -1.85. The Morgan fingerprint density at radius 2 is 1.92 bits per heavy atom. The Labute approximate surface area is 147 Å². The second-order valence-electron chi connectivity index (χ2n) is 5.95. The number of rotatable bonds is 5. The molecule has 126 valence electrons. The molecule has 1 atom stereocenters. The maximum Gasteiger partial charge on any atom is 0.242 e. The van der Waals surface area contributed by atoms with Crippen LogP contribution in [0, 0.1) is 6.92 Å². The molecule has 2 heterocycles. The highest BCUT2D eigenvalue weighted by Gasteiger charge is 2.28. The molecule has 0 saturated carbocycles. The molecular weight excluding hydrogens is 318 g/mol. The summed E-state index contributed by atoms with van der Waals surface area (Å²) in [7, 11) is 0. The van der Waals surface area contributed by atoms with Crippen LogP contribution in [0.2, 0.25) is 0 Å². The van der Waals surface area contributed by atoms with E-state index in [1.54, 1.807) is 0 Å². The van der Waals surface area contributed by atoms with Gasteiger partial charge in [-0.3, -0.25) is 14.7 Å². The monoisotopic (exact) mass is 341 g/mol. The van der Waals surface area contributed by atoms with Gasteiger partial charge < -0.3 is 5.32 Å². The van der Waals surface area contributed by atoms with E-state index in [-0.39, 0.29) is 11.9 Å². The smallest absolute Gasteiger partial charge is 0.242 e. The van der Waals surface area contributed by atoms with E-state index in [2.05, 4.69) is 15.2 Å². The predicted molar refractivity (Wildman–Crippen MR) is 98.9 cm³/mol. The van der Waals surface area contributed by atoms with Crippen molar-refractivity contribution in [2.45, 2.75) is 19.5 Å². The lowest BCUT2D eigenvalue weighted by molar-refractivity contribution is -0.126. The zero-order valence-corrected chi connectivity index (χ0v) is 14.8. The van der Waals surface area contributed by atoms with E-state index in [1.165, 1.54) is 0 Å². The highest BCUT2D eigenvalue weighted by molar-refractivity contribution is 7.99. The van der Waals surface area contributed by atoms with Gasteiger partial charge in [0.1, 0.15) is 6.04 Å². The van der Waals surface area contributed by atoms with Gasteiger partial charge in [0, 0.05) is 30.3 Å². The van der Waals surface area contributed by atoms with Crippen molar-refractivity contribution < 1.29 is 4.79 Å². The minimum absolute atomic E-state index is 0.0522. The normalized spacial score (nSPS) is 16.5. The van der Waals surface area contributed by atoms with Crippen molar-refractivity contribution >= 4 is 17.7 Å². The summed E-state index contributed by atoms with van der Waals surface area (Å²) in [6.45, 7) is 4.32. The Balaban J connectivity index is 1.73. The fourth-order valence-electron chi connectivity index (χ4n) is 2.97. The van der Waals surface area contributed by atoms with E-state index in [4.69, 9.17) is 0 Å². The molecular formula is C19H23N3OS. The van der Waals surface area contributed by atoms with Crippen molar-refractivity contribution in [2.24, 2.45) is 0 Å². The molecule has 5 heteroatoms. The predicted octanol–water partition coefficient (Wildman–Crippen LogP) is 2.80. The molecule has 24 heavy (non-hydrogen) atoms. The van der Waals surface area contributed by atoms with Crippen molar-refractivity contribution in [1.82, 2.24) is 15.2 Å². The van der Waals surface area contributed by atoms with Crippen LogP contribution in [0.15, 0.2) is 48.5 Å². The summed E-state index contributed by atoms with van der Waals surface area (Å²) in [6.07, 6.45) is 0. The van der Waals surface area contributed by atoms with Crippen molar-refractivity contribution in [3.05, 3.63) is 65.5 Å². The number of aromatic nitrogens is 1. The molecule has 1 aromatic carbocycles. The molecule has 2 aromatic rings. The fraction of sp³-hybridized carbons (Fsp3) is 0.368. The molecule has 1 saturated heterocycles. The summed E-state index contributed by atoms with van der Waals surface area (Å²) < 4.78 is 0. The Morgan fingerprint density at radius 1 is 1.17 bits per heavy atom. The lowest BCUT2D eigenvalue weighted by Gasteiger charge is -2.33. The van der Waals surface area contributed by atoms with Crippen LogP contribution in [0.3, 0.4) is 0 Å².